The molecule has 0 saturated heterocycles. The SMILES string of the molecule is CCCCC(CC)CNc1nc(C(N)C(=O)O)cs1. The van der Waals surface area contributed by atoms with Crippen molar-refractivity contribution in [2.24, 2.45) is 11.7 Å². The molecule has 0 spiro atoms. The summed E-state index contributed by atoms with van der Waals surface area (Å²) in [5.41, 5.74) is 5.93. The molecule has 0 aromatic carbocycles. The molecule has 0 aliphatic carbocycles. The largest absolute Gasteiger partial charge is 0.480 e. The number of nitrogens with zero attached hydrogens (tertiary/aromatic N) is 1. The Morgan fingerprint density at radius 1 is 1.58 bits per heavy atom. The molecule has 5 nitrogen and oxygen atoms in total. The Morgan fingerprint density at radius 3 is 2.89 bits per heavy atom. The van der Waals surface area contributed by atoms with Crippen molar-refractivity contribution in [2.45, 2.75) is 45.6 Å². The highest BCUT2D eigenvalue weighted by atomic mass is 32.1. The number of anilines is 1. The van der Waals surface area contributed by atoms with Gasteiger partial charge in [-0.2, -0.15) is 0 Å². The zero-order valence-electron chi connectivity index (χ0n) is 11.6. The van der Waals surface area contributed by atoms with Crippen molar-refractivity contribution in [3.05, 3.63) is 11.1 Å². The molecular weight excluding hydrogens is 262 g/mol. The molecule has 0 saturated carbocycles. The Kier molecular flexibility index (Phi) is 6.80. The summed E-state index contributed by atoms with van der Waals surface area (Å²) in [6.45, 7) is 5.27. The minimum atomic E-state index is -1.05. The van der Waals surface area contributed by atoms with Gasteiger partial charge in [-0.05, 0) is 12.3 Å². The minimum Gasteiger partial charge on any atom is -0.480 e. The van der Waals surface area contributed by atoms with E-state index in [4.69, 9.17) is 10.8 Å². The van der Waals surface area contributed by atoms with Crippen molar-refractivity contribution in [3.8, 4) is 0 Å². The van der Waals surface area contributed by atoms with E-state index in [0.29, 0.717) is 11.6 Å². The summed E-state index contributed by atoms with van der Waals surface area (Å²) < 4.78 is 0. The fourth-order valence-corrected chi connectivity index (χ4v) is 2.57. The zero-order valence-corrected chi connectivity index (χ0v) is 12.4. The summed E-state index contributed by atoms with van der Waals surface area (Å²) in [5, 5.41) is 14.5. The zero-order chi connectivity index (χ0) is 14.3. The third-order valence-corrected chi connectivity index (χ3v) is 4.01. The van der Waals surface area contributed by atoms with Gasteiger partial charge in [0.05, 0.1) is 5.69 Å². The smallest absolute Gasteiger partial charge is 0.326 e. The van der Waals surface area contributed by atoms with Crippen LogP contribution in [0.25, 0.3) is 0 Å². The van der Waals surface area contributed by atoms with Gasteiger partial charge in [-0.3, -0.25) is 4.79 Å². The number of carbonyl (C=O) groups is 1. The van der Waals surface area contributed by atoms with Crippen LogP contribution in [0.3, 0.4) is 0 Å². The first-order chi connectivity index (χ1) is 9.08. The summed E-state index contributed by atoms with van der Waals surface area (Å²) in [6, 6.07) is -1.03. The van der Waals surface area contributed by atoms with Crippen LogP contribution in [0.5, 0.6) is 0 Å². The lowest BCUT2D eigenvalue weighted by molar-refractivity contribution is -0.138. The monoisotopic (exact) mass is 285 g/mol. The fraction of sp³-hybridized carbons (Fsp3) is 0.692. The topological polar surface area (TPSA) is 88.2 Å². The molecule has 2 atom stereocenters. The Hall–Kier alpha value is -1.14. The minimum absolute atomic E-state index is 0.418. The third kappa shape index (κ3) is 5.16. The standard InChI is InChI=1S/C13H23N3O2S/c1-3-5-6-9(4-2)7-15-13-16-10(8-19-13)11(14)12(17)18/h8-9,11H,3-7,14H2,1-2H3,(H,15,16)(H,17,18). The molecular formula is C13H23N3O2S. The molecule has 1 heterocycles. The lowest BCUT2D eigenvalue weighted by Gasteiger charge is -2.14. The summed E-state index contributed by atoms with van der Waals surface area (Å²) in [4.78, 5) is 15.0. The quantitative estimate of drug-likeness (QED) is 0.649. The van der Waals surface area contributed by atoms with Crippen LogP contribution in [0.4, 0.5) is 5.13 Å². The average molecular weight is 285 g/mol. The second-order valence-corrected chi connectivity index (χ2v) is 5.55. The van der Waals surface area contributed by atoms with E-state index >= 15 is 0 Å². The van der Waals surface area contributed by atoms with Gasteiger partial charge >= 0.3 is 5.97 Å². The van der Waals surface area contributed by atoms with Crippen molar-refractivity contribution in [3.63, 3.8) is 0 Å². The van der Waals surface area contributed by atoms with Gasteiger partial charge in [0.15, 0.2) is 5.13 Å². The number of hydrogen-bond donors (Lipinski definition) is 3. The molecule has 0 aliphatic rings. The summed E-state index contributed by atoms with van der Waals surface area (Å²) in [5.74, 6) is -0.410. The van der Waals surface area contributed by atoms with E-state index in [1.54, 1.807) is 5.38 Å². The highest BCUT2D eigenvalue weighted by Crippen LogP contribution is 2.21. The summed E-state index contributed by atoms with van der Waals surface area (Å²) >= 11 is 1.41. The van der Waals surface area contributed by atoms with E-state index in [1.165, 1.54) is 30.6 Å². The summed E-state index contributed by atoms with van der Waals surface area (Å²) in [6.07, 6.45) is 4.81. The number of rotatable bonds is 9. The molecule has 1 aromatic rings. The number of carboxylic acid groups (broad SMARTS) is 1. The van der Waals surface area contributed by atoms with Crippen LogP contribution in [-0.4, -0.2) is 22.6 Å². The highest BCUT2D eigenvalue weighted by molar-refractivity contribution is 7.13. The van der Waals surface area contributed by atoms with E-state index < -0.39 is 12.0 Å². The van der Waals surface area contributed by atoms with Gasteiger partial charge in [-0.1, -0.05) is 33.1 Å². The van der Waals surface area contributed by atoms with Crippen LogP contribution in [0, 0.1) is 5.92 Å². The van der Waals surface area contributed by atoms with E-state index in [-0.39, 0.29) is 0 Å². The molecule has 2 unspecified atom stereocenters. The van der Waals surface area contributed by atoms with Crippen LogP contribution in [0.15, 0.2) is 5.38 Å². The lowest BCUT2D eigenvalue weighted by Crippen LogP contribution is -2.21. The van der Waals surface area contributed by atoms with Crippen LogP contribution in [0.1, 0.15) is 51.3 Å². The molecule has 0 bridgehead atoms. The number of aromatic nitrogens is 1. The van der Waals surface area contributed by atoms with Gasteiger partial charge in [-0.15, -0.1) is 11.3 Å². The second-order valence-electron chi connectivity index (χ2n) is 4.69. The number of carboxylic acids is 1. The average Bonchev–Trinajstić information content (AvgIpc) is 2.86. The molecule has 1 aromatic heterocycles. The van der Waals surface area contributed by atoms with Crippen LogP contribution < -0.4 is 11.1 Å². The number of aliphatic carboxylic acids is 1. The lowest BCUT2D eigenvalue weighted by atomic mass is 10.00. The Morgan fingerprint density at radius 2 is 2.32 bits per heavy atom. The number of unbranched alkanes of at least 4 members (excludes halogenated alkanes) is 1. The maximum absolute atomic E-state index is 10.8. The Bertz CT molecular complexity index is 395. The van der Waals surface area contributed by atoms with Crippen molar-refractivity contribution >= 4 is 22.4 Å². The van der Waals surface area contributed by atoms with Gasteiger partial charge in [0.1, 0.15) is 6.04 Å². The van der Waals surface area contributed by atoms with Gasteiger partial charge in [-0.25, -0.2) is 4.98 Å². The fourth-order valence-electron chi connectivity index (χ4n) is 1.81. The molecule has 6 heteroatoms. The third-order valence-electron chi connectivity index (χ3n) is 3.19. The van der Waals surface area contributed by atoms with Crippen molar-refractivity contribution in [2.75, 3.05) is 11.9 Å². The van der Waals surface area contributed by atoms with E-state index in [0.717, 1.165) is 18.1 Å². The molecule has 0 fully saturated rings. The van der Waals surface area contributed by atoms with Crippen molar-refractivity contribution in [1.29, 1.82) is 0 Å². The Labute approximate surface area is 118 Å². The van der Waals surface area contributed by atoms with Crippen LogP contribution >= 0.6 is 11.3 Å². The first-order valence-electron chi connectivity index (χ1n) is 6.76. The van der Waals surface area contributed by atoms with Gasteiger partial charge in [0.25, 0.3) is 0 Å². The normalized spacial score (nSPS) is 14.1. The van der Waals surface area contributed by atoms with Gasteiger partial charge in [0.2, 0.25) is 0 Å². The first kappa shape index (κ1) is 15.9. The van der Waals surface area contributed by atoms with E-state index in [9.17, 15) is 4.79 Å². The van der Waals surface area contributed by atoms with Crippen molar-refractivity contribution in [1.82, 2.24) is 4.98 Å². The molecule has 108 valence electrons. The maximum Gasteiger partial charge on any atom is 0.326 e. The van der Waals surface area contributed by atoms with Gasteiger partial charge < -0.3 is 16.2 Å². The predicted octanol–water partition coefficient (Wildman–Crippen LogP) is 2.86. The Balaban J connectivity index is 2.47. The molecule has 0 radical (unpaired) electrons. The van der Waals surface area contributed by atoms with Crippen LogP contribution in [0.2, 0.25) is 0 Å². The molecule has 4 N–H and O–H groups in total. The first-order valence-corrected chi connectivity index (χ1v) is 7.64. The number of hydrogen-bond acceptors (Lipinski definition) is 5. The maximum atomic E-state index is 10.8. The molecule has 0 aliphatic heterocycles. The van der Waals surface area contributed by atoms with Crippen molar-refractivity contribution < 1.29 is 9.90 Å². The van der Waals surface area contributed by atoms with Gasteiger partial charge in [0, 0.05) is 11.9 Å². The van der Waals surface area contributed by atoms with Crippen LogP contribution in [-0.2, 0) is 4.79 Å². The molecule has 0 amide bonds. The number of nitrogens with two attached hydrogens (primary N) is 1. The van der Waals surface area contributed by atoms with E-state index in [1.807, 2.05) is 0 Å². The predicted molar refractivity (Wildman–Crippen MR) is 78.5 cm³/mol. The summed E-state index contributed by atoms with van der Waals surface area (Å²) in [7, 11) is 0. The second kappa shape index (κ2) is 8.12. The molecule has 19 heavy (non-hydrogen) atoms. The van der Waals surface area contributed by atoms with E-state index in [2.05, 4.69) is 24.1 Å². The number of nitrogens with one attached hydrogen (secondary N) is 1. The highest BCUT2D eigenvalue weighted by Gasteiger charge is 2.17. The number of thiazole rings is 1. The molecule has 1 rings (SSSR count).